The van der Waals surface area contributed by atoms with E-state index in [-0.39, 0.29) is 5.82 Å². The summed E-state index contributed by atoms with van der Waals surface area (Å²) in [7, 11) is 0. The average Bonchev–Trinajstić information content (AvgIpc) is 2.69. The van der Waals surface area contributed by atoms with Crippen molar-refractivity contribution in [2.75, 3.05) is 6.61 Å². The molecule has 2 nitrogen and oxygen atoms in total. The lowest BCUT2D eigenvalue weighted by molar-refractivity contribution is 0.302. The fourth-order valence-corrected chi connectivity index (χ4v) is 4.23. The van der Waals surface area contributed by atoms with Gasteiger partial charge < -0.3 is 4.74 Å². The van der Waals surface area contributed by atoms with Gasteiger partial charge in [0.1, 0.15) is 11.6 Å². The van der Waals surface area contributed by atoms with Crippen molar-refractivity contribution < 1.29 is 9.13 Å². The third-order valence-corrected chi connectivity index (χ3v) is 5.85. The second-order valence-corrected chi connectivity index (χ2v) is 7.76. The van der Waals surface area contributed by atoms with Crippen molar-refractivity contribution in [1.82, 2.24) is 4.98 Å². The summed E-state index contributed by atoms with van der Waals surface area (Å²) in [5.74, 6) is 1.80. The Kier molecular flexibility index (Phi) is 7.25. The largest absolute Gasteiger partial charge is 0.494 e. The van der Waals surface area contributed by atoms with Crippen LogP contribution >= 0.6 is 0 Å². The molecule has 1 aromatic heterocycles. The number of benzene rings is 1. The van der Waals surface area contributed by atoms with E-state index in [2.05, 4.69) is 18.0 Å². The van der Waals surface area contributed by atoms with E-state index in [1.807, 2.05) is 19.2 Å². The maximum Gasteiger partial charge on any atom is 0.136 e. The first-order chi connectivity index (χ1) is 13.2. The lowest BCUT2D eigenvalue weighted by Gasteiger charge is -2.28. The van der Waals surface area contributed by atoms with Crippen molar-refractivity contribution in [3.8, 4) is 17.0 Å². The monoisotopic (exact) mass is 369 g/mol. The van der Waals surface area contributed by atoms with E-state index in [4.69, 9.17) is 4.74 Å². The minimum atomic E-state index is -0.284. The second-order valence-electron chi connectivity index (χ2n) is 7.76. The first kappa shape index (κ1) is 19.9. The van der Waals surface area contributed by atoms with Crippen LogP contribution in [0, 0.1) is 11.7 Å². The fraction of sp³-hybridized carbons (Fsp3) is 0.542. The molecule has 0 radical (unpaired) electrons. The molecule has 3 rings (SSSR count). The Labute approximate surface area is 163 Å². The van der Waals surface area contributed by atoms with Gasteiger partial charge in [-0.1, -0.05) is 38.7 Å². The van der Waals surface area contributed by atoms with Crippen LogP contribution < -0.4 is 4.74 Å². The van der Waals surface area contributed by atoms with Gasteiger partial charge in [0.05, 0.1) is 12.3 Å². The number of unbranched alkanes of at least 4 members (excludes halogenated alkanes) is 2. The van der Waals surface area contributed by atoms with Gasteiger partial charge in [-0.2, -0.15) is 0 Å². The normalized spacial score (nSPS) is 19.8. The zero-order valence-electron chi connectivity index (χ0n) is 16.7. The van der Waals surface area contributed by atoms with E-state index in [0.29, 0.717) is 29.5 Å². The van der Waals surface area contributed by atoms with Crippen LogP contribution in [-0.4, -0.2) is 11.6 Å². The van der Waals surface area contributed by atoms with Crippen LogP contribution in [-0.2, 0) is 0 Å². The van der Waals surface area contributed by atoms with E-state index >= 15 is 0 Å². The molecular weight excluding hydrogens is 337 g/mol. The van der Waals surface area contributed by atoms with Gasteiger partial charge in [0.15, 0.2) is 0 Å². The Hall–Kier alpha value is -1.90. The highest BCUT2D eigenvalue weighted by Gasteiger charge is 2.22. The van der Waals surface area contributed by atoms with Gasteiger partial charge in [0.2, 0.25) is 0 Å². The zero-order chi connectivity index (χ0) is 19.1. The Balaban J connectivity index is 1.60. The minimum Gasteiger partial charge on any atom is -0.494 e. The van der Waals surface area contributed by atoms with Crippen molar-refractivity contribution >= 4 is 0 Å². The number of ether oxygens (including phenoxy) is 1. The molecule has 0 bridgehead atoms. The molecule has 1 heterocycles. The number of aromatic nitrogens is 1. The van der Waals surface area contributed by atoms with Gasteiger partial charge in [-0.15, -0.1) is 0 Å². The average molecular weight is 370 g/mol. The third-order valence-electron chi connectivity index (χ3n) is 5.85. The zero-order valence-corrected chi connectivity index (χ0v) is 16.7. The topological polar surface area (TPSA) is 22.1 Å². The summed E-state index contributed by atoms with van der Waals surface area (Å²) in [4.78, 5) is 4.56. The molecule has 1 aromatic carbocycles. The Morgan fingerprint density at radius 1 is 1.04 bits per heavy atom. The molecule has 1 saturated carbocycles. The van der Waals surface area contributed by atoms with Crippen LogP contribution in [0.5, 0.6) is 5.75 Å². The number of hydrogen-bond acceptors (Lipinski definition) is 2. The Bertz CT molecular complexity index is 705. The Morgan fingerprint density at radius 2 is 1.85 bits per heavy atom. The molecule has 0 atom stereocenters. The van der Waals surface area contributed by atoms with Crippen molar-refractivity contribution in [3.63, 3.8) is 0 Å². The first-order valence-corrected chi connectivity index (χ1v) is 10.6. The van der Waals surface area contributed by atoms with E-state index < -0.39 is 0 Å². The summed E-state index contributed by atoms with van der Waals surface area (Å²) in [6, 6.07) is 9.09. The first-order valence-electron chi connectivity index (χ1n) is 10.6. The summed E-state index contributed by atoms with van der Waals surface area (Å²) in [6.45, 7) is 4.70. The molecule has 0 amide bonds. The highest BCUT2D eigenvalue weighted by Crippen LogP contribution is 2.38. The van der Waals surface area contributed by atoms with Crippen LogP contribution in [0.2, 0.25) is 0 Å². The third kappa shape index (κ3) is 5.31. The van der Waals surface area contributed by atoms with Crippen molar-refractivity contribution in [2.45, 2.75) is 71.1 Å². The predicted octanol–water partition coefficient (Wildman–Crippen LogP) is 7.14. The highest BCUT2D eigenvalue weighted by molar-refractivity contribution is 5.61. The van der Waals surface area contributed by atoms with Gasteiger partial charge in [-0.05, 0) is 68.2 Å². The maximum absolute atomic E-state index is 14.4. The number of halogens is 1. The number of nitrogens with zero attached hydrogens (tertiary/aromatic N) is 1. The smallest absolute Gasteiger partial charge is 0.136 e. The molecule has 1 fully saturated rings. The number of hydrogen-bond donors (Lipinski definition) is 0. The Morgan fingerprint density at radius 3 is 2.48 bits per heavy atom. The van der Waals surface area contributed by atoms with Crippen LogP contribution in [0.1, 0.15) is 76.7 Å². The van der Waals surface area contributed by atoms with Crippen LogP contribution in [0.3, 0.4) is 0 Å². The van der Waals surface area contributed by atoms with Crippen LogP contribution in [0.4, 0.5) is 4.39 Å². The van der Waals surface area contributed by atoms with E-state index in [1.165, 1.54) is 63.0 Å². The standard InChI is InChI=1S/C24H32FNO/c1-3-5-6-7-18-8-10-19(11-9-18)20-12-15-24(26-17-20)22-14-13-21(27-4-2)16-23(22)25/h12-19H,3-11H2,1-2H3/t18-,19-. The fourth-order valence-electron chi connectivity index (χ4n) is 4.23. The van der Waals surface area contributed by atoms with Gasteiger partial charge in [0, 0.05) is 17.8 Å². The molecule has 3 heteroatoms. The van der Waals surface area contributed by atoms with Crippen molar-refractivity contribution in [3.05, 3.63) is 47.9 Å². The molecule has 0 unspecified atom stereocenters. The molecular formula is C24H32FNO. The van der Waals surface area contributed by atoms with E-state index in [9.17, 15) is 4.39 Å². The molecule has 1 aliphatic carbocycles. The second kappa shape index (κ2) is 9.87. The van der Waals surface area contributed by atoms with Gasteiger partial charge in [0.25, 0.3) is 0 Å². The summed E-state index contributed by atoms with van der Waals surface area (Å²) >= 11 is 0. The van der Waals surface area contributed by atoms with Gasteiger partial charge in [-0.3, -0.25) is 4.98 Å². The molecule has 27 heavy (non-hydrogen) atoms. The van der Waals surface area contributed by atoms with Crippen LogP contribution in [0.15, 0.2) is 36.5 Å². The van der Waals surface area contributed by atoms with Crippen LogP contribution in [0.25, 0.3) is 11.3 Å². The van der Waals surface area contributed by atoms with Gasteiger partial charge >= 0.3 is 0 Å². The summed E-state index contributed by atoms with van der Waals surface area (Å²) in [5, 5.41) is 0. The van der Waals surface area contributed by atoms with E-state index in [0.717, 1.165) is 5.92 Å². The molecule has 0 N–H and O–H groups in total. The van der Waals surface area contributed by atoms with Gasteiger partial charge in [-0.25, -0.2) is 4.39 Å². The maximum atomic E-state index is 14.4. The molecule has 0 aliphatic heterocycles. The predicted molar refractivity (Wildman–Crippen MR) is 110 cm³/mol. The lowest BCUT2D eigenvalue weighted by Crippen LogP contribution is -2.13. The summed E-state index contributed by atoms with van der Waals surface area (Å²) in [6.07, 6.45) is 12.6. The van der Waals surface area contributed by atoms with E-state index in [1.54, 1.807) is 12.1 Å². The summed E-state index contributed by atoms with van der Waals surface area (Å²) in [5.41, 5.74) is 2.52. The SMILES string of the molecule is CCCCC[C@H]1CC[C@H](c2ccc(-c3ccc(OCC)cc3F)nc2)CC1. The summed E-state index contributed by atoms with van der Waals surface area (Å²) < 4.78 is 19.7. The van der Waals surface area contributed by atoms with Crippen molar-refractivity contribution in [1.29, 1.82) is 0 Å². The number of pyridine rings is 1. The molecule has 146 valence electrons. The quantitative estimate of drug-likeness (QED) is 0.461. The van der Waals surface area contributed by atoms with Crippen molar-refractivity contribution in [2.24, 2.45) is 5.92 Å². The number of rotatable bonds is 8. The minimum absolute atomic E-state index is 0.284. The highest BCUT2D eigenvalue weighted by atomic mass is 19.1. The molecule has 0 saturated heterocycles. The lowest BCUT2D eigenvalue weighted by atomic mass is 9.77. The molecule has 0 spiro atoms. The molecule has 1 aliphatic rings. The molecule has 2 aromatic rings.